The summed E-state index contributed by atoms with van der Waals surface area (Å²) in [6.07, 6.45) is 3.26. The summed E-state index contributed by atoms with van der Waals surface area (Å²) in [5, 5.41) is 10.1. The molecule has 0 unspecified atom stereocenters. The third kappa shape index (κ3) is 4.74. The van der Waals surface area contributed by atoms with Crippen LogP contribution < -0.4 is 14.8 Å². The normalized spacial score (nSPS) is 15.3. The molecule has 0 aliphatic carbocycles. The van der Waals surface area contributed by atoms with Crippen LogP contribution >= 0.6 is 11.3 Å². The molecule has 38 heavy (non-hydrogen) atoms. The van der Waals surface area contributed by atoms with Gasteiger partial charge in [0.25, 0.3) is 11.8 Å². The SMILES string of the molecule is Cc1c(C(=O)N2CCC(c3nc(C(=O)Nc4ccc5c(c4)OCCO5)cs3)CC2)cnn1-c1ccccc1. The van der Waals surface area contributed by atoms with Gasteiger partial charge in [0.1, 0.15) is 18.9 Å². The summed E-state index contributed by atoms with van der Waals surface area (Å²) in [6.45, 7) is 4.20. The molecule has 0 bridgehead atoms. The van der Waals surface area contributed by atoms with Crippen LogP contribution in [0.15, 0.2) is 60.1 Å². The molecule has 0 saturated carbocycles. The fourth-order valence-corrected chi connectivity index (χ4v) is 5.82. The minimum atomic E-state index is -0.261. The molecule has 2 aromatic carbocycles. The van der Waals surface area contributed by atoms with E-state index in [1.165, 1.54) is 11.3 Å². The van der Waals surface area contributed by atoms with E-state index < -0.39 is 0 Å². The van der Waals surface area contributed by atoms with Gasteiger partial charge in [-0.3, -0.25) is 9.59 Å². The van der Waals surface area contributed by atoms with Gasteiger partial charge in [-0.25, -0.2) is 9.67 Å². The van der Waals surface area contributed by atoms with Gasteiger partial charge in [-0.05, 0) is 44.0 Å². The number of nitrogens with one attached hydrogen (secondary N) is 1. The van der Waals surface area contributed by atoms with Crippen molar-refractivity contribution < 1.29 is 19.1 Å². The standard InChI is InChI=1S/C28H27N5O4S/c1-18-22(16-29-33(18)21-5-3-2-4-6-21)28(35)32-11-9-19(10-12-32)27-31-23(17-38-27)26(34)30-20-7-8-24-25(15-20)37-14-13-36-24/h2-8,15-17,19H,9-14H2,1H3,(H,30,34). The molecule has 4 aromatic rings. The Hall–Kier alpha value is -4.18. The van der Waals surface area contributed by atoms with Crippen molar-refractivity contribution in [2.45, 2.75) is 25.7 Å². The molecular formula is C28H27N5O4S. The second-order valence-electron chi connectivity index (χ2n) is 9.34. The lowest BCUT2D eigenvalue weighted by molar-refractivity contribution is 0.0712. The van der Waals surface area contributed by atoms with Gasteiger partial charge >= 0.3 is 0 Å². The molecule has 0 radical (unpaired) electrons. The minimum absolute atomic E-state index is 0.00164. The van der Waals surface area contributed by atoms with Crippen LogP contribution in [0.3, 0.4) is 0 Å². The van der Waals surface area contributed by atoms with Gasteiger partial charge < -0.3 is 19.7 Å². The molecule has 0 spiro atoms. The zero-order valence-electron chi connectivity index (χ0n) is 20.9. The van der Waals surface area contributed by atoms with E-state index in [1.807, 2.05) is 42.2 Å². The molecule has 194 valence electrons. The van der Waals surface area contributed by atoms with Crippen molar-refractivity contribution >= 4 is 28.8 Å². The maximum atomic E-state index is 13.3. The lowest BCUT2D eigenvalue weighted by Gasteiger charge is -2.31. The highest BCUT2D eigenvalue weighted by Gasteiger charge is 2.28. The third-order valence-corrected chi connectivity index (χ3v) is 7.93. The van der Waals surface area contributed by atoms with E-state index >= 15 is 0 Å². The number of benzene rings is 2. The number of anilines is 1. The molecule has 2 aromatic heterocycles. The third-order valence-electron chi connectivity index (χ3n) is 6.93. The van der Waals surface area contributed by atoms with Gasteiger partial charge in [0.2, 0.25) is 0 Å². The van der Waals surface area contributed by atoms with E-state index in [2.05, 4.69) is 15.4 Å². The van der Waals surface area contributed by atoms with Gasteiger partial charge in [0.15, 0.2) is 11.5 Å². The topological polar surface area (TPSA) is 98.6 Å². The molecule has 6 rings (SSSR count). The second kappa shape index (κ2) is 10.3. The van der Waals surface area contributed by atoms with Gasteiger partial charge in [-0.15, -0.1) is 11.3 Å². The Morgan fingerprint density at radius 1 is 1.03 bits per heavy atom. The number of hydrogen-bond acceptors (Lipinski definition) is 7. The molecule has 0 atom stereocenters. The smallest absolute Gasteiger partial charge is 0.275 e. The minimum Gasteiger partial charge on any atom is -0.486 e. The molecule has 1 N–H and O–H groups in total. The van der Waals surface area contributed by atoms with Crippen LogP contribution in [0.1, 0.15) is 50.3 Å². The summed E-state index contributed by atoms with van der Waals surface area (Å²) >= 11 is 1.49. The fourth-order valence-electron chi connectivity index (χ4n) is 4.84. The van der Waals surface area contributed by atoms with E-state index in [-0.39, 0.29) is 17.7 Å². The Morgan fingerprint density at radius 2 is 1.79 bits per heavy atom. The number of fused-ring (bicyclic) bond motifs is 1. The summed E-state index contributed by atoms with van der Waals surface area (Å²) < 4.78 is 12.9. The zero-order chi connectivity index (χ0) is 26.1. The quantitative estimate of drug-likeness (QED) is 0.403. The number of carbonyl (C=O) groups excluding carboxylic acids is 2. The lowest BCUT2D eigenvalue weighted by Crippen LogP contribution is -2.38. The van der Waals surface area contributed by atoms with Crippen LogP contribution in [0.4, 0.5) is 5.69 Å². The number of thiazole rings is 1. The predicted molar refractivity (Wildman–Crippen MR) is 144 cm³/mol. The number of likely N-dealkylation sites (tertiary alicyclic amines) is 1. The Bertz CT molecular complexity index is 1470. The van der Waals surface area contributed by atoms with E-state index in [0.29, 0.717) is 54.7 Å². The maximum absolute atomic E-state index is 13.3. The molecule has 2 aliphatic rings. The van der Waals surface area contributed by atoms with Crippen molar-refractivity contribution in [3.63, 3.8) is 0 Å². The van der Waals surface area contributed by atoms with Gasteiger partial charge in [-0.2, -0.15) is 5.10 Å². The molecule has 9 nitrogen and oxygen atoms in total. The average molecular weight is 530 g/mol. The van der Waals surface area contributed by atoms with Crippen molar-refractivity contribution in [3.8, 4) is 17.2 Å². The molecule has 2 aliphatic heterocycles. The number of ether oxygens (including phenoxy) is 2. The Labute approximate surface area is 224 Å². The summed E-state index contributed by atoms with van der Waals surface area (Å²) in [4.78, 5) is 32.6. The number of hydrogen-bond donors (Lipinski definition) is 1. The number of aromatic nitrogens is 3. The highest BCUT2D eigenvalue weighted by molar-refractivity contribution is 7.10. The van der Waals surface area contributed by atoms with Crippen LogP contribution in [-0.2, 0) is 0 Å². The Morgan fingerprint density at radius 3 is 2.58 bits per heavy atom. The van der Waals surface area contributed by atoms with E-state index in [9.17, 15) is 9.59 Å². The average Bonchev–Trinajstić information content (AvgIpc) is 3.61. The number of carbonyl (C=O) groups is 2. The molecule has 2 amide bonds. The lowest BCUT2D eigenvalue weighted by atomic mass is 9.97. The molecule has 1 fully saturated rings. The van der Waals surface area contributed by atoms with E-state index in [4.69, 9.17) is 9.47 Å². The van der Waals surface area contributed by atoms with Crippen LogP contribution in [0.5, 0.6) is 11.5 Å². The Kier molecular flexibility index (Phi) is 6.55. The number of rotatable bonds is 5. The first kappa shape index (κ1) is 24.2. The predicted octanol–water partition coefficient (Wildman–Crippen LogP) is 4.68. The first-order chi connectivity index (χ1) is 18.6. The van der Waals surface area contributed by atoms with Crippen molar-refractivity contribution in [1.29, 1.82) is 0 Å². The van der Waals surface area contributed by atoms with Crippen LogP contribution in [0.2, 0.25) is 0 Å². The van der Waals surface area contributed by atoms with Crippen LogP contribution in [0.25, 0.3) is 5.69 Å². The molecule has 4 heterocycles. The van der Waals surface area contributed by atoms with Crippen molar-refractivity contribution in [1.82, 2.24) is 19.7 Å². The molecular weight excluding hydrogens is 502 g/mol. The number of amides is 2. The first-order valence-corrected chi connectivity index (χ1v) is 13.5. The first-order valence-electron chi connectivity index (χ1n) is 12.6. The number of piperidine rings is 1. The summed E-state index contributed by atoms with van der Waals surface area (Å²) in [7, 11) is 0. The monoisotopic (exact) mass is 529 g/mol. The molecule has 10 heteroatoms. The largest absolute Gasteiger partial charge is 0.486 e. The highest BCUT2D eigenvalue weighted by Crippen LogP contribution is 2.34. The van der Waals surface area contributed by atoms with Crippen LogP contribution in [0, 0.1) is 6.92 Å². The van der Waals surface area contributed by atoms with Crippen molar-refractivity contribution in [2.75, 3.05) is 31.6 Å². The number of nitrogens with zero attached hydrogens (tertiary/aromatic N) is 4. The van der Waals surface area contributed by atoms with Crippen molar-refractivity contribution in [3.05, 3.63) is 82.1 Å². The maximum Gasteiger partial charge on any atom is 0.275 e. The second-order valence-corrected chi connectivity index (χ2v) is 10.2. The van der Waals surface area contributed by atoms with Crippen molar-refractivity contribution in [2.24, 2.45) is 0 Å². The van der Waals surface area contributed by atoms with Gasteiger partial charge in [-0.1, -0.05) is 18.2 Å². The summed E-state index contributed by atoms with van der Waals surface area (Å²) in [5.41, 5.74) is 3.41. The van der Waals surface area contributed by atoms with E-state index in [0.717, 1.165) is 29.2 Å². The van der Waals surface area contributed by atoms with E-state index in [1.54, 1.807) is 34.5 Å². The molecule has 1 saturated heterocycles. The summed E-state index contributed by atoms with van der Waals surface area (Å²) in [5.74, 6) is 1.25. The summed E-state index contributed by atoms with van der Waals surface area (Å²) in [6, 6.07) is 15.1. The fraction of sp³-hybridized carbons (Fsp3) is 0.286. The van der Waals surface area contributed by atoms with Crippen LogP contribution in [-0.4, -0.2) is 57.8 Å². The van der Waals surface area contributed by atoms with Gasteiger partial charge in [0, 0.05) is 36.1 Å². The van der Waals surface area contributed by atoms with Gasteiger partial charge in [0.05, 0.1) is 28.1 Å². The highest BCUT2D eigenvalue weighted by atomic mass is 32.1. The zero-order valence-corrected chi connectivity index (χ0v) is 21.7. The number of para-hydroxylation sites is 1. The Balaban J connectivity index is 1.07.